The number of nitrogens with one attached hydrogen (secondary N) is 3. The van der Waals surface area contributed by atoms with Crippen molar-refractivity contribution in [2.45, 2.75) is 43.9 Å². The summed E-state index contributed by atoms with van der Waals surface area (Å²) in [7, 11) is 0. The number of rotatable bonds is 9. The second-order valence-corrected chi connectivity index (χ2v) is 9.23. The molecule has 0 spiro atoms. The molecule has 1 aromatic heterocycles. The van der Waals surface area contributed by atoms with Gasteiger partial charge in [-0.15, -0.1) is 0 Å². The van der Waals surface area contributed by atoms with Crippen LogP contribution in [0.25, 0.3) is 0 Å². The molecule has 0 saturated carbocycles. The van der Waals surface area contributed by atoms with Crippen molar-refractivity contribution in [3.8, 4) is 0 Å². The van der Waals surface area contributed by atoms with Gasteiger partial charge in [0, 0.05) is 37.5 Å². The zero-order valence-corrected chi connectivity index (χ0v) is 20.8. The van der Waals surface area contributed by atoms with Gasteiger partial charge in [-0.05, 0) is 30.0 Å². The van der Waals surface area contributed by atoms with Gasteiger partial charge >= 0.3 is 6.09 Å². The Kier molecular flexibility index (Phi) is 8.49. The first-order chi connectivity index (χ1) is 18.3. The highest BCUT2D eigenvalue weighted by Gasteiger charge is 2.41. The van der Waals surface area contributed by atoms with E-state index in [0.717, 1.165) is 11.1 Å². The van der Waals surface area contributed by atoms with Crippen molar-refractivity contribution in [1.82, 2.24) is 25.3 Å². The monoisotopic (exact) mass is 517 g/mol. The highest BCUT2D eigenvalue weighted by Crippen LogP contribution is 2.28. The average molecular weight is 518 g/mol. The third kappa shape index (κ3) is 6.62. The summed E-state index contributed by atoms with van der Waals surface area (Å²) >= 11 is 0. The number of hydrogen-bond donors (Lipinski definition) is 5. The normalized spacial score (nSPS) is 17.6. The zero-order chi connectivity index (χ0) is 27.1. The predicted octanol–water partition coefficient (Wildman–Crippen LogP) is 1.89. The number of likely N-dealkylation sites (tertiary alicyclic amines) is 1. The number of amidine groups is 1. The minimum absolute atomic E-state index is 0.141. The van der Waals surface area contributed by atoms with Crippen LogP contribution in [-0.2, 0) is 22.6 Å². The Morgan fingerprint density at radius 3 is 2.47 bits per heavy atom. The van der Waals surface area contributed by atoms with E-state index in [1.54, 1.807) is 46.1 Å². The van der Waals surface area contributed by atoms with E-state index in [2.05, 4.69) is 10.4 Å². The molecule has 1 fully saturated rings. The Labute approximate surface area is 220 Å². The lowest BCUT2D eigenvalue weighted by Gasteiger charge is -2.26. The van der Waals surface area contributed by atoms with Crippen molar-refractivity contribution in [3.05, 3.63) is 89.7 Å². The van der Waals surface area contributed by atoms with Gasteiger partial charge in [0.15, 0.2) is 0 Å². The number of hydrogen-bond acceptors (Lipinski definition) is 6. The Morgan fingerprint density at radius 2 is 1.82 bits per heavy atom. The summed E-state index contributed by atoms with van der Waals surface area (Å²) in [4.78, 5) is 38.9. The lowest BCUT2D eigenvalue weighted by Crippen LogP contribution is -2.51. The topological polar surface area (TPSA) is 166 Å². The summed E-state index contributed by atoms with van der Waals surface area (Å²) in [6.07, 6.45) is 3.73. The van der Waals surface area contributed by atoms with Crippen LogP contribution >= 0.6 is 0 Å². The Hall–Kier alpha value is -4.51. The van der Waals surface area contributed by atoms with Crippen molar-refractivity contribution < 1.29 is 19.5 Å². The molecule has 6 N–H and O–H groups in total. The molecule has 11 heteroatoms. The molecule has 11 nitrogen and oxygen atoms in total. The van der Waals surface area contributed by atoms with Crippen molar-refractivity contribution in [1.29, 1.82) is 5.41 Å². The maximum Gasteiger partial charge on any atom is 0.410 e. The molecule has 1 aliphatic heterocycles. The van der Waals surface area contributed by atoms with E-state index in [0.29, 0.717) is 31.4 Å². The van der Waals surface area contributed by atoms with Gasteiger partial charge in [-0.3, -0.25) is 25.0 Å². The van der Waals surface area contributed by atoms with E-state index in [9.17, 15) is 14.4 Å². The van der Waals surface area contributed by atoms with Crippen LogP contribution in [-0.4, -0.2) is 62.2 Å². The molecule has 38 heavy (non-hydrogen) atoms. The molecule has 198 valence electrons. The molecule has 3 aromatic rings. The predicted molar refractivity (Wildman–Crippen MR) is 140 cm³/mol. The van der Waals surface area contributed by atoms with E-state index < -0.39 is 18.2 Å². The molecule has 2 heterocycles. The molecule has 3 amide bonds. The lowest BCUT2D eigenvalue weighted by atomic mass is 10.0. The van der Waals surface area contributed by atoms with Gasteiger partial charge in [-0.1, -0.05) is 54.6 Å². The smallest absolute Gasteiger partial charge is 0.410 e. The minimum Gasteiger partial charge on any atom is -0.465 e. The van der Waals surface area contributed by atoms with Crippen LogP contribution in [0.3, 0.4) is 0 Å². The van der Waals surface area contributed by atoms with E-state index >= 15 is 0 Å². The highest BCUT2D eigenvalue weighted by atomic mass is 16.4. The van der Waals surface area contributed by atoms with Crippen LogP contribution in [0.5, 0.6) is 0 Å². The van der Waals surface area contributed by atoms with Crippen LogP contribution in [0.15, 0.2) is 73.1 Å². The molecule has 1 saturated heterocycles. The molecule has 2 aromatic carbocycles. The number of amides is 3. The highest BCUT2D eigenvalue weighted by molar-refractivity contribution is 6.04. The number of nitrogens with two attached hydrogens (primary N) is 1. The first-order valence-electron chi connectivity index (χ1n) is 12.4. The zero-order valence-electron chi connectivity index (χ0n) is 20.8. The molecule has 4 rings (SSSR count). The number of nitrogens with zero attached hydrogens (tertiary/aromatic N) is 3. The van der Waals surface area contributed by atoms with Crippen molar-refractivity contribution >= 4 is 23.7 Å². The molecular weight excluding hydrogens is 486 g/mol. The summed E-state index contributed by atoms with van der Waals surface area (Å²) in [6, 6.07) is 16.7. The lowest BCUT2D eigenvalue weighted by molar-refractivity contribution is -0.139. The van der Waals surface area contributed by atoms with E-state index in [1.807, 2.05) is 41.8 Å². The fraction of sp³-hybridized carbons (Fsp3) is 0.296. The van der Waals surface area contributed by atoms with E-state index in [1.165, 1.54) is 0 Å². The molecular formula is C27H31N7O4. The van der Waals surface area contributed by atoms with Crippen LogP contribution in [0.4, 0.5) is 4.79 Å². The fourth-order valence-electron chi connectivity index (χ4n) is 4.57. The van der Waals surface area contributed by atoms with Crippen molar-refractivity contribution in [2.75, 3.05) is 6.54 Å². The van der Waals surface area contributed by atoms with Gasteiger partial charge in [-0.25, -0.2) is 4.79 Å². The van der Waals surface area contributed by atoms with E-state index in [4.69, 9.17) is 16.2 Å². The maximum atomic E-state index is 13.4. The van der Waals surface area contributed by atoms with E-state index in [-0.39, 0.29) is 30.2 Å². The molecule has 0 aliphatic carbocycles. The second-order valence-electron chi connectivity index (χ2n) is 9.23. The number of carboxylic acid groups (broad SMARTS) is 1. The quantitative estimate of drug-likeness (QED) is 0.215. The summed E-state index contributed by atoms with van der Waals surface area (Å²) in [6.45, 7) is 0.550. The SMILES string of the molecule is N=C(NC(=O)O)c1ccc(CNC(=O)[C@@H]2CC(n3cccn3)CN2C(=O)C(N)CCc2ccccc2)cc1. The third-order valence-electron chi connectivity index (χ3n) is 6.61. The second kappa shape index (κ2) is 12.2. The summed E-state index contributed by atoms with van der Waals surface area (Å²) in [5, 5.41) is 25.7. The van der Waals surface area contributed by atoms with Gasteiger partial charge < -0.3 is 21.1 Å². The number of carbonyl (C=O) groups is 3. The van der Waals surface area contributed by atoms with Gasteiger partial charge in [0.05, 0.1) is 12.1 Å². The Balaban J connectivity index is 1.40. The third-order valence-corrected chi connectivity index (χ3v) is 6.61. The largest absolute Gasteiger partial charge is 0.465 e. The Bertz CT molecular complexity index is 1260. The molecule has 0 bridgehead atoms. The van der Waals surface area contributed by atoms with Crippen LogP contribution in [0, 0.1) is 5.41 Å². The summed E-state index contributed by atoms with van der Waals surface area (Å²) < 4.78 is 1.77. The Morgan fingerprint density at radius 1 is 1.08 bits per heavy atom. The van der Waals surface area contributed by atoms with Crippen molar-refractivity contribution in [3.63, 3.8) is 0 Å². The van der Waals surface area contributed by atoms with Gasteiger partial charge in [-0.2, -0.15) is 5.10 Å². The number of aromatic nitrogens is 2. The number of benzene rings is 2. The van der Waals surface area contributed by atoms with Gasteiger partial charge in [0.1, 0.15) is 11.9 Å². The summed E-state index contributed by atoms with van der Waals surface area (Å²) in [5.41, 5.74) is 8.57. The standard InChI is InChI=1S/C27H31N7O4/c28-22(12-9-18-5-2-1-3-6-18)26(36)33-17-21(34-14-4-13-31-34)15-23(33)25(35)30-16-19-7-10-20(11-8-19)24(29)32-27(37)38/h1-8,10-11,13-14,21-23H,9,12,15-17,28H2,(H2,29,32)(H,30,35)(H,37,38)/t21?,22?,23-/m0/s1. The minimum atomic E-state index is -1.31. The number of aryl methyl sites for hydroxylation is 1. The van der Waals surface area contributed by atoms with Gasteiger partial charge in [0.25, 0.3) is 0 Å². The van der Waals surface area contributed by atoms with Crippen LogP contribution < -0.4 is 16.4 Å². The van der Waals surface area contributed by atoms with Crippen molar-refractivity contribution in [2.24, 2.45) is 5.73 Å². The summed E-state index contributed by atoms with van der Waals surface area (Å²) in [5.74, 6) is -0.779. The molecule has 0 radical (unpaired) electrons. The first kappa shape index (κ1) is 26.6. The van der Waals surface area contributed by atoms with Crippen LogP contribution in [0.2, 0.25) is 0 Å². The number of carbonyl (C=O) groups excluding carboxylic acids is 2. The fourth-order valence-corrected chi connectivity index (χ4v) is 4.57. The van der Waals surface area contributed by atoms with Gasteiger partial charge in [0.2, 0.25) is 11.8 Å². The average Bonchev–Trinajstić information content (AvgIpc) is 3.61. The van der Waals surface area contributed by atoms with Crippen LogP contribution in [0.1, 0.15) is 35.6 Å². The first-order valence-corrected chi connectivity index (χ1v) is 12.4. The maximum absolute atomic E-state index is 13.4. The molecule has 3 atom stereocenters. The molecule has 1 aliphatic rings. The molecule has 2 unspecified atom stereocenters.